The van der Waals surface area contributed by atoms with E-state index < -0.39 is 44.0 Å². The lowest BCUT2D eigenvalue weighted by molar-refractivity contribution is -0.144. The number of methoxy groups -OCH3 is 1. The minimum atomic E-state index is -4.19. The Balaban J connectivity index is 1.95. The average molecular weight is 489 g/mol. The van der Waals surface area contributed by atoms with Gasteiger partial charge in [0.1, 0.15) is 5.69 Å². The molecule has 1 aromatic heterocycles. The highest BCUT2D eigenvalue weighted by atomic mass is 31.2. The van der Waals surface area contributed by atoms with Gasteiger partial charge < -0.3 is 14.8 Å². The fraction of sp³-hybridized carbons (Fsp3) is 0.700. The van der Waals surface area contributed by atoms with Crippen molar-refractivity contribution in [3.8, 4) is 0 Å². The van der Waals surface area contributed by atoms with Crippen LogP contribution < -0.4 is 5.32 Å². The van der Waals surface area contributed by atoms with E-state index in [1.54, 1.807) is 27.0 Å². The lowest BCUT2D eigenvalue weighted by Gasteiger charge is -2.39. The molecule has 0 aromatic carbocycles. The second-order valence-electron chi connectivity index (χ2n) is 9.28. The molecule has 2 heterocycles. The predicted molar refractivity (Wildman–Crippen MR) is 115 cm³/mol. The van der Waals surface area contributed by atoms with Crippen LogP contribution in [0.3, 0.4) is 0 Å². The molecule has 0 bridgehead atoms. The summed E-state index contributed by atoms with van der Waals surface area (Å²) in [6.07, 6.45) is -1.21. The molecule has 1 aromatic rings. The van der Waals surface area contributed by atoms with E-state index in [0.29, 0.717) is 5.69 Å². The first-order valence-corrected chi connectivity index (χ1v) is 11.8. The maximum absolute atomic E-state index is 12.9. The number of carbonyl (C=O) groups is 3. The second-order valence-corrected chi connectivity index (χ2v) is 10.9. The highest BCUT2D eigenvalue weighted by molar-refractivity contribution is 7.48. The molecule has 1 unspecified atom stereocenters. The molecule has 0 radical (unpaired) electrons. The number of aromatic nitrogens is 2. The van der Waals surface area contributed by atoms with Crippen molar-refractivity contribution in [3.05, 3.63) is 17.5 Å². The van der Waals surface area contributed by atoms with E-state index in [0.717, 1.165) is 0 Å². The van der Waals surface area contributed by atoms with Crippen LogP contribution >= 0.6 is 7.82 Å². The molecule has 1 fully saturated rings. The Labute approximate surface area is 192 Å². The zero-order valence-electron chi connectivity index (χ0n) is 20.0. The normalized spacial score (nSPS) is 22.5. The molecule has 0 aliphatic carbocycles. The van der Waals surface area contributed by atoms with Gasteiger partial charge in [-0.1, -0.05) is 34.6 Å². The summed E-state index contributed by atoms with van der Waals surface area (Å²) >= 11 is 0. The Kier molecular flexibility index (Phi) is 8.45. The Hall–Kier alpha value is -2.27. The molecule has 12 nitrogen and oxygen atoms in total. The van der Waals surface area contributed by atoms with Crippen LogP contribution in [0.15, 0.2) is 6.07 Å². The minimum absolute atomic E-state index is 0.0202. The predicted octanol–water partition coefficient (Wildman–Crippen LogP) is 2.08. The molecule has 0 saturated carbocycles. The van der Waals surface area contributed by atoms with Crippen molar-refractivity contribution in [2.45, 2.75) is 52.6 Å². The Morgan fingerprint density at radius 1 is 1.33 bits per heavy atom. The summed E-state index contributed by atoms with van der Waals surface area (Å²) in [7, 11) is -1.35. The molecule has 1 N–H and O–H groups in total. The summed E-state index contributed by atoms with van der Waals surface area (Å²) in [4.78, 5) is 36.1. The molecule has 1 saturated heterocycles. The molecule has 33 heavy (non-hydrogen) atoms. The lowest BCUT2D eigenvalue weighted by Crippen LogP contribution is -2.50. The standard InChI is InChI=1S/C20H32N3O9P/c1-19(2,3)14-10-13(23(6)22-14)18(26)29-12-31-33(27)30-11-20(4,5)16(32-33)17(25)21-9-8-15(24)28-7/h10,16H,8-9,11-12H2,1-7H3,(H,21,25)/t16-,33?/m0/s1. The summed E-state index contributed by atoms with van der Waals surface area (Å²) in [5, 5.41) is 6.83. The highest BCUT2D eigenvalue weighted by Gasteiger charge is 2.49. The number of esters is 2. The molecule has 1 amide bonds. The van der Waals surface area contributed by atoms with Crippen LogP contribution in [0, 0.1) is 5.41 Å². The van der Waals surface area contributed by atoms with Crippen LogP contribution in [-0.2, 0) is 49.7 Å². The van der Waals surface area contributed by atoms with Gasteiger partial charge in [0, 0.05) is 24.4 Å². The van der Waals surface area contributed by atoms with Crippen LogP contribution in [0.4, 0.5) is 0 Å². The Bertz CT molecular complexity index is 936. The average Bonchev–Trinajstić information content (AvgIpc) is 3.12. The second kappa shape index (κ2) is 10.3. The summed E-state index contributed by atoms with van der Waals surface area (Å²) in [6.45, 7) is 8.45. The first kappa shape index (κ1) is 27.0. The maximum atomic E-state index is 12.9. The summed E-state index contributed by atoms with van der Waals surface area (Å²) in [6, 6.07) is 1.61. The molecule has 186 valence electrons. The fourth-order valence-corrected chi connectivity index (χ4v) is 4.33. The molecule has 2 atom stereocenters. The van der Waals surface area contributed by atoms with E-state index in [1.807, 2.05) is 20.8 Å². The monoisotopic (exact) mass is 489 g/mol. The number of phosphoric ester groups is 1. The molecule has 0 spiro atoms. The summed E-state index contributed by atoms with van der Waals surface area (Å²) in [5.41, 5.74) is -0.203. The Morgan fingerprint density at radius 2 is 2.00 bits per heavy atom. The smallest absolute Gasteiger partial charge is 0.469 e. The first-order valence-electron chi connectivity index (χ1n) is 10.3. The summed E-state index contributed by atoms with van der Waals surface area (Å²) in [5.74, 6) is -1.81. The number of carbonyl (C=O) groups excluding carboxylic acids is 3. The van der Waals surface area contributed by atoms with Crippen LogP contribution in [0.25, 0.3) is 0 Å². The van der Waals surface area contributed by atoms with E-state index in [2.05, 4.69) is 15.2 Å². The van der Waals surface area contributed by atoms with Crippen molar-refractivity contribution in [1.82, 2.24) is 15.1 Å². The van der Waals surface area contributed by atoms with E-state index in [9.17, 15) is 18.9 Å². The number of nitrogens with zero attached hydrogens (tertiary/aromatic N) is 2. The van der Waals surface area contributed by atoms with E-state index in [1.165, 1.54) is 11.8 Å². The van der Waals surface area contributed by atoms with Gasteiger partial charge >= 0.3 is 19.8 Å². The lowest BCUT2D eigenvalue weighted by atomic mass is 9.87. The van der Waals surface area contributed by atoms with Gasteiger partial charge in [-0.2, -0.15) is 5.10 Å². The van der Waals surface area contributed by atoms with Crippen molar-refractivity contribution in [3.63, 3.8) is 0 Å². The zero-order valence-corrected chi connectivity index (χ0v) is 20.9. The first-order chi connectivity index (χ1) is 15.2. The van der Waals surface area contributed by atoms with Crippen LogP contribution in [0.1, 0.15) is 57.2 Å². The third-order valence-electron chi connectivity index (χ3n) is 4.89. The number of nitrogens with one attached hydrogen (secondary N) is 1. The molecular formula is C20H32N3O9P. The van der Waals surface area contributed by atoms with Gasteiger partial charge in [-0.15, -0.1) is 0 Å². The van der Waals surface area contributed by atoms with E-state index >= 15 is 0 Å². The van der Waals surface area contributed by atoms with Crippen LogP contribution in [0.5, 0.6) is 0 Å². The Morgan fingerprint density at radius 3 is 2.58 bits per heavy atom. The van der Waals surface area contributed by atoms with Crippen molar-refractivity contribution in [1.29, 1.82) is 0 Å². The number of hydrogen-bond acceptors (Lipinski definition) is 10. The zero-order chi connectivity index (χ0) is 25.0. The van der Waals surface area contributed by atoms with Crippen LogP contribution in [-0.4, -0.2) is 60.8 Å². The number of ether oxygens (including phenoxy) is 2. The topological polar surface area (TPSA) is 144 Å². The SMILES string of the molecule is COC(=O)CCNC(=O)[C@@H]1OP(=O)(OCOC(=O)c2cc(C(C)(C)C)nn2C)OCC1(C)C. The van der Waals surface area contributed by atoms with Gasteiger partial charge in [0.05, 0.1) is 25.8 Å². The van der Waals surface area contributed by atoms with Gasteiger partial charge in [0.15, 0.2) is 6.10 Å². The number of hydrogen-bond donors (Lipinski definition) is 1. The molecular weight excluding hydrogens is 457 g/mol. The quantitative estimate of drug-likeness (QED) is 0.327. The van der Waals surface area contributed by atoms with Crippen molar-refractivity contribution >= 4 is 25.7 Å². The largest absolute Gasteiger partial charge is 0.478 e. The van der Waals surface area contributed by atoms with Crippen molar-refractivity contribution < 1.29 is 42.0 Å². The highest BCUT2D eigenvalue weighted by Crippen LogP contribution is 2.57. The van der Waals surface area contributed by atoms with Crippen LogP contribution in [0.2, 0.25) is 0 Å². The fourth-order valence-electron chi connectivity index (χ4n) is 2.82. The maximum Gasteiger partial charge on any atom is 0.478 e. The van der Waals surface area contributed by atoms with Gasteiger partial charge in [-0.3, -0.25) is 23.3 Å². The number of amides is 1. The van der Waals surface area contributed by atoms with Gasteiger partial charge in [0.2, 0.25) is 12.7 Å². The number of rotatable bonds is 8. The molecule has 1 aliphatic rings. The molecule has 1 aliphatic heterocycles. The minimum Gasteiger partial charge on any atom is -0.469 e. The number of aryl methyl sites for hydroxylation is 1. The molecule has 13 heteroatoms. The third kappa shape index (κ3) is 7.10. The van der Waals surface area contributed by atoms with Crippen molar-refractivity contribution in [2.75, 3.05) is 27.1 Å². The van der Waals surface area contributed by atoms with E-state index in [4.69, 9.17) is 18.3 Å². The van der Waals surface area contributed by atoms with Gasteiger partial charge in [-0.05, 0) is 6.07 Å². The third-order valence-corrected chi connectivity index (χ3v) is 6.23. The molecule has 2 rings (SSSR count). The van der Waals surface area contributed by atoms with Gasteiger partial charge in [-0.25, -0.2) is 13.9 Å². The van der Waals surface area contributed by atoms with Gasteiger partial charge in [0.25, 0.3) is 0 Å². The number of phosphoric acid groups is 1. The van der Waals surface area contributed by atoms with Crippen molar-refractivity contribution in [2.24, 2.45) is 12.5 Å². The van der Waals surface area contributed by atoms with E-state index in [-0.39, 0.29) is 30.7 Å². The summed E-state index contributed by atoms with van der Waals surface area (Å²) < 4.78 is 39.5.